The summed E-state index contributed by atoms with van der Waals surface area (Å²) in [6.07, 6.45) is 1.46. The van der Waals surface area contributed by atoms with Crippen molar-refractivity contribution in [2.24, 2.45) is 5.73 Å². The van der Waals surface area contributed by atoms with Gasteiger partial charge in [0.2, 0.25) is 0 Å². The summed E-state index contributed by atoms with van der Waals surface area (Å²) in [6.45, 7) is -1.28. The van der Waals surface area contributed by atoms with Crippen LogP contribution in [0.5, 0.6) is 0 Å². The molecule has 1 aromatic rings. The first-order chi connectivity index (χ1) is 6.49. The van der Waals surface area contributed by atoms with E-state index < -0.39 is 18.6 Å². The third-order valence-electron chi connectivity index (χ3n) is 1.79. The van der Waals surface area contributed by atoms with Crippen molar-refractivity contribution in [1.29, 1.82) is 0 Å². The van der Waals surface area contributed by atoms with Gasteiger partial charge in [-0.15, -0.1) is 12.4 Å². The summed E-state index contributed by atoms with van der Waals surface area (Å²) in [5, 5.41) is 8.45. The second kappa shape index (κ2) is 5.69. The minimum absolute atomic E-state index is 0. The van der Waals surface area contributed by atoms with Crippen molar-refractivity contribution in [2.75, 3.05) is 6.61 Å². The molecule has 7 heteroatoms. The fourth-order valence-corrected chi connectivity index (χ4v) is 1.45. The van der Waals surface area contributed by atoms with Gasteiger partial charge in [0.25, 0.3) is 5.92 Å². The number of pyridine rings is 1. The lowest BCUT2D eigenvalue weighted by atomic mass is 10.0. The highest BCUT2D eigenvalue weighted by atomic mass is 79.9. The van der Waals surface area contributed by atoms with Gasteiger partial charge in [0.05, 0.1) is 6.04 Å². The van der Waals surface area contributed by atoms with Gasteiger partial charge in [0.15, 0.2) is 0 Å². The minimum atomic E-state index is -3.34. The summed E-state index contributed by atoms with van der Waals surface area (Å²) < 4.78 is 26.2. The fraction of sp³-hybridized carbons (Fsp3) is 0.375. The number of aromatic nitrogens is 1. The van der Waals surface area contributed by atoms with Crippen LogP contribution in [0.3, 0.4) is 0 Å². The molecular formula is C8H10BrClF2N2O. The van der Waals surface area contributed by atoms with Gasteiger partial charge in [-0.2, -0.15) is 0 Å². The van der Waals surface area contributed by atoms with Crippen molar-refractivity contribution in [1.82, 2.24) is 4.98 Å². The Morgan fingerprint density at radius 2 is 2.20 bits per heavy atom. The van der Waals surface area contributed by atoms with Crippen LogP contribution in [0, 0.1) is 0 Å². The monoisotopic (exact) mass is 302 g/mol. The Bertz CT molecular complexity index is 327. The number of hydrogen-bond donors (Lipinski definition) is 2. The Morgan fingerprint density at radius 1 is 1.60 bits per heavy atom. The van der Waals surface area contributed by atoms with E-state index in [1.807, 2.05) is 0 Å². The highest BCUT2D eigenvalue weighted by Gasteiger charge is 2.38. The van der Waals surface area contributed by atoms with Crippen LogP contribution >= 0.6 is 28.3 Å². The molecule has 0 bridgehead atoms. The number of halogens is 4. The summed E-state index contributed by atoms with van der Waals surface area (Å²) in [6, 6.07) is 1.38. The van der Waals surface area contributed by atoms with Crippen molar-refractivity contribution < 1.29 is 13.9 Å². The van der Waals surface area contributed by atoms with Gasteiger partial charge in [-0.05, 0) is 22.0 Å². The topological polar surface area (TPSA) is 59.1 Å². The van der Waals surface area contributed by atoms with Crippen molar-refractivity contribution >= 4 is 28.3 Å². The third-order valence-corrected chi connectivity index (χ3v) is 2.45. The molecule has 1 rings (SSSR count). The SMILES string of the molecule is Cl.N[C@@H](c1cccnc1Br)C(F)(F)CO. The van der Waals surface area contributed by atoms with Gasteiger partial charge in [0, 0.05) is 11.8 Å². The number of aliphatic hydroxyl groups excluding tert-OH is 1. The summed E-state index contributed by atoms with van der Waals surface area (Å²) in [7, 11) is 0. The first kappa shape index (κ1) is 14.7. The average Bonchev–Trinajstić information content (AvgIpc) is 2.17. The van der Waals surface area contributed by atoms with E-state index in [9.17, 15) is 8.78 Å². The van der Waals surface area contributed by atoms with Crippen LogP contribution in [0.2, 0.25) is 0 Å². The Kier molecular flexibility index (Phi) is 5.58. The fourth-order valence-electron chi connectivity index (χ4n) is 0.956. The Hall–Kier alpha value is -0.300. The zero-order chi connectivity index (χ0) is 10.8. The zero-order valence-corrected chi connectivity index (χ0v) is 9.93. The molecule has 3 nitrogen and oxygen atoms in total. The first-order valence-corrected chi connectivity index (χ1v) is 4.63. The molecule has 86 valence electrons. The lowest BCUT2D eigenvalue weighted by Crippen LogP contribution is -2.36. The van der Waals surface area contributed by atoms with Gasteiger partial charge >= 0.3 is 0 Å². The van der Waals surface area contributed by atoms with E-state index in [-0.39, 0.29) is 22.6 Å². The van der Waals surface area contributed by atoms with Crippen LogP contribution in [0.15, 0.2) is 22.9 Å². The standard InChI is InChI=1S/C8H9BrF2N2O.ClH/c9-7-5(2-1-3-13-7)6(12)8(10,11)4-14;/h1-3,6,14H,4,12H2;1H/t6-;/m0./s1. The molecule has 0 aromatic carbocycles. The maximum absolute atomic E-state index is 13.0. The number of rotatable bonds is 3. The molecule has 0 unspecified atom stereocenters. The van der Waals surface area contributed by atoms with Crippen LogP contribution in [0.25, 0.3) is 0 Å². The molecule has 0 aliphatic rings. The van der Waals surface area contributed by atoms with Crippen molar-refractivity contribution in [3.05, 3.63) is 28.5 Å². The van der Waals surface area contributed by atoms with Gasteiger partial charge in [-0.25, -0.2) is 13.8 Å². The highest BCUT2D eigenvalue weighted by molar-refractivity contribution is 9.10. The molecule has 0 radical (unpaired) electrons. The number of nitrogens with two attached hydrogens (primary N) is 1. The van der Waals surface area contributed by atoms with Gasteiger partial charge < -0.3 is 10.8 Å². The predicted molar refractivity (Wildman–Crippen MR) is 58.1 cm³/mol. The molecule has 0 spiro atoms. The van der Waals surface area contributed by atoms with Gasteiger partial charge in [-0.1, -0.05) is 6.07 Å². The average molecular weight is 304 g/mol. The molecule has 0 amide bonds. The second-order valence-electron chi connectivity index (χ2n) is 2.78. The van der Waals surface area contributed by atoms with E-state index in [2.05, 4.69) is 20.9 Å². The third kappa shape index (κ3) is 3.34. The molecule has 0 fully saturated rings. The molecule has 0 aliphatic carbocycles. The minimum Gasteiger partial charge on any atom is -0.390 e. The molecule has 15 heavy (non-hydrogen) atoms. The van der Waals surface area contributed by atoms with E-state index in [0.717, 1.165) is 0 Å². The lowest BCUT2D eigenvalue weighted by molar-refractivity contribution is -0.0714. The van der Waals surface area contributed by atoms with Crippen molar-refractivity contribution in [2.45, 2.75) is 12.0 Å². The molecule has 1 atom stereocenters. The Balaban J connectivity index is 0.00000196. The van der Waals surface area contributed by atoms with Crippen LogP contribution in [-0.2, 0) is 0 Å². The number of alkyl halides is 2. The van der Waals surface area contributed by atoms with Gasteiger partial charge in [0.1, 0.15) is 11.2 Å². The summed E-state index contributed by atoms with van der Waals surface area (Å²) in [5.74, 6) is -3.34. The van der Waals surface area contributed by atoms with E-state index >= 15 is 0 Å². The quantitative estimate of drug-likeness (QED) is 0.839. The normalized spacial score (nSPS) is 13.1. The van der Waals surface area contributed by atoms with Crippen molar-refractivity contribution in [3.63, 3.8) is 0 Å². The van der Waals surface area contributed by atoms with E-state index in [4.69, 9.17) is 10.8 Å². The maximum Gasteiger partial charge on any atom is 0.289 e. The summed E-state index contributed by atoms with van der Waals surface area (Å²) in [4.78, 5) is 3.77. The largest absolute Gasteiger partial charge is 0.390 e. The predicted octanol–water partition coefficient (Wildman–Crippen LogP) is 1.89. The summed E-state index contributed by atoms with van der Waals surface area (Å²) >= 11 is 3.01. The Labute approximate surface area is 100 Å². The van der Waals surface area contributed by atoms with Crippen LogP contribution in [0.1, 0.15) is 11.6 Å². The zero-order valence-electron chi connectivity index (χ0n) is 7.53. The molecular weight excluding hydrogens is 293 g/mol. The second-order valence-corrected chi connectivity index (χ2v) is 3.53. The van der Waals surface area contributed by atoms with Crippen LogP contribution < -0.4 is 5.73 Å². The molecule has 3 N–H and O–H groups in total. The van der Waals surface area contributed by atoms with Crippen LogP contribution in [0.4, 0.5) is 8.78 Å². The van der Waals surface area contributed by atoms with Crippen LogP contribution in [-0.4, -0.2) is 22.6 Å². The van der Waals surface area contributed by atoms with E-state index in [0.29, 0.717) is 0 Å². The molecule has 0 saturated carbocycles. The first-order valence-electron chi connectivity index (χ1n) is 3.83. The number of aliphatic hydroxyl groups is 1. The van der Waals surface area contributed by atoms with E-state index in [1.165, 1.54) is 18.3 Å². The molecule has 1 heterocycles. The maximum atomic E-state index is 13.0. The van der Waals surface area contributed by atoms with Crippen molar-refractivity contribution in [3.8, 4) is 0 Å². The van der Waals surface area contributed by atoms with E-state index in [1.54, 1.807) is 0 Å². The number of hydrogen-bond acceptors (Lipinski definition) is 3. The Morgan fingerprint density at radius 3 is 2.67 bits per heavy atom. The summed E-state index contributed by atoms with van der Waals surface area (Å²) in [5.41, 5.74) is 5.48. The number of nitrogens with zero attached hydrogens (tertiary/aromatic N) is 1. The molecule has 0 saturated heterocycles. The molecule has 1 aromatic heterocycles. The van der Waals surface area contributed by atoms with Gasteiger partial charge in [-0.3, -0.25) is 0 Å². The lowest BCUT2D eigenvalue weighted by Gasteiger charge is -2.21. The highest BCUT2D eigenvalue weighted by Crippen LogP contribution is 2.31. The molecule has 0 aliphatic heterocycles. The smallest absolute Gasteiger partial charge is 0.289 e.